The molecule has 0 aliphatic rings. The minimum Gasteiger partial charge on any atom is -0.409 e. The highest BCUT2D eigenvalue weighted by atomic mass is 16.4. The smallest absolute Gasteiger partial charge is 0.220 e. The van der Waals surface area contributed by atoms with Crippen LogP contribution in [0.5, 0.6) is 0 Å². The lowest BCUT2D eigenvalue weighted by molar-refractivity contribution is -0.121. The highest BCUT2D eigenvalue weighted by molar-refractivity contribution is 5.81. The maximum absolute atomic E-state index is 11.5. The minimum absolute atomic E-state index is 0.0414. The molecule has 17 heavy (non-hydrogen) atoms. The number of amides is 1. The molecule has 1 unspecified atom stereocenters. The molecule has 0 aliphatic heterocycles. The Morgan fingerprint density at radius 3 is 2.59 bits per heavy atom. The van der Waals surface area contributed by atoms with E-state index < -0.39 is 0 Å². The van der Waals surface area contributed by atoms with Crippen molar-refractivity contribution in [2.75, 3.05) is 0 Å². The van der Waals surface area contributed by atoms with Gasteiger partial charge >= 0.3 is 0 Å². The van der Waals surface area contributed by atoms with Crippen molar-refractivity contribution in [3.63, 3.8) is 0 Å². The molecule has 0 aromatic rings. The van der Waals surface area contributed by atoms with Crippen LogP contribution >= 0.6 is 0 Å². The monoisotopic (exact) mass is 243 g/mol. The Bertz CT molecular complexity index is 242. The molecule has 0 spiro atoms. The Balaban J connectivity index is 3.57. The van der Waals surface area contributed by atoms with Gasteiger partial charge < -0.3 is 16.3 Å². The second-order valence-corrected chi connectivity index (χ2v) is 4.43. The molecule has 1 atom stereocenters. The summed E-state index contributed by atoms with van der Waals surface area (Å²) in [6.07, 6.45) is 6.62. The number of rotatable bonds is 9. The molecule has 0 saturated carbocycles. The van der Waals surface area contributed by atoms with Crippen molar-refractivity contribution in [3.05, 3.63) is 0 Å². The lowest BCUT2D eigenvalue weighted by Crippen LogP contribution is -2.35. The normalized spacial score (nSPS) is 13.4. The SMILES string of the molecule is CCCCCCCC(=O)NC(C)CC(N)=NO. The summed E-state index contributed by atoms with van der Waals surface area (Å²) in [4.78, 5) is 11.5. The highest BCUT2D eigenvalue weighted by Gasteiger charge is 2.08. The Hall–Kier alpha value is -1.26. The van der Waals surface area contributed by atoms with E-state index in [0.717, 1.165) is 12.8 Å². The summed E-state index contributed by atoms with van der Waals surface area (Å²) in [5, 5.41) is 14.1. The molecule has 0 saturated heterocycles. The Morgan fingerprint density at radius 2 is 2.00 bits per heavy atom. The van der Waals surface area contributed by atoms with Gasteiger partial charge in [0.15, 0.2) is 0 Å². The number of oxime groups is 1. The first-order chi connectivity index (χ1) is 8.10. The van der Waals surface area contributed by atoms with Crippen LogP contribution in [0, 0.1) is 0 Å². The predicted molar refractivity (Wildman–Crippen MR) is 69.0 cm³/mol. The van der Waals surface area contributed by atoms with E-state index in [1.54, 1.807) is 0 Å². The number of nitrogens with one attached hydrogen (secondary N) is 1. The first-order valence-corrected chi connectivity index (χ1v) is 6.35. The summed E-state index contributed by atoms with van der Waals surface area (Å²) in [5.74, 6) is 0.181. The molecule has 1 amide bonds. The molecule has 0 bridgehead atoms. The fourth-order valence-electron chi connectivity index (χ4n) is 1.64. The van der Waals surface area contributed by atoms with Crippen LogP contribution in [0.4, 0.5) is 0 Å². The summed E-state index contributed by atoms with van der Waals surface area (Å²) < 4.78 is 0. The molecular weight excluding hydrogens is 218 g/mol. The molecule has 0 aromatic carbocycles. The Morgan fingerprint density at radius 1 is 1.35 bits per heavy atom. The lowest BCUT2D eigenvalue weighted by Gasteiger charge is -2.12. The van der Waals surface area contributed by atoms with Crippen LogP contribution in [0.3, 0.4) is 0 Å². The van der Waals surface area contributed by atoms with E-state index in [4.69, 9.17) is 10.9 Å². The van der Waals surface area contributed by atoms with Crippen LogP contribution in [-0.2, 0) is 4.79 Å². The van der Waals surface area contributed by atoms with Gasteiger partial charge in [-0.05, 0) is 13.3 Å². The van der Waals surface area contributed by atoms with Gasteiger partial charge in [-0.1, -0.05) is 37.8 Å². The van der Waals surface area contributed by atoms with Crippen molar-refractivity contribution in [2.24, 2.45) is 10.9 Å². The summed E-state index contributed by atoms with van der Waals surface area (Å²) in [6, 6.07) is -0.0889. The first-order valence-electron chi connectivity index (χ1n) is 6.35. The fraction of sp³-hybridized carbons (Fsp3) is 0.833. The highest BCUT2D eigenvalue weighted by Crippen LogP contribution is 2.05. The minimum atomic E-state index is -0.0889. The lowest BCUT2D eigenvalue weighted by atomic mass is 10.1. The third-order valence-electron chi connectivity index (χ3n) is 2.56. The van der Waals surface area contributed by atoms with Crippen molar-refractivity contribution in [1.29, 1.82) is 0 Å². The predicted octanol–water partition coefficient (Wildman–Crippen LogP) is 1.99. The van der Waals surface area contributed by atoms with Crippen LogP contribution in [-0.4, -0.2) is 23.0 Å². The summed E-state index contributed by atoms with van der Waals surface area (Å²) in [6.45, 7) is 4.01. The zero-order valence-electron chi connectivity index (χ0n) is 10.9. The number of amidine groups is 1. The topological polar surface area (TPSA) is 87.7 Å². The molecule has 4 N–H and O–H groups in total. The quantitative estimate of drug-likeness (QED) is 0.190. The van der Waals surface area contributed by atoms with E-state index in [-0.39, 0.29) is 17.8 Å². The van der Waals surface area contributed by atoms with Crippen molar-refractivity contribution < 1.29 is 10.0 Å². The van der Waals surface area contributed by atoms with Crippen molar-refractivity contribution in [1.82, 2.24) is 5.32 Å². The number of unbranched alkanes of at least 4 members (excludes halogenated alkanes) is 4. The van der Waals surface area contributed by atoms with Gasteiger partial charge in [0, 0.05) is 18.9 Å². The molecule has 5 heteroatoms. The maximum atomic E-state index is 11.5. The molecule has 0 fully saturated rings. The summed E-state index contributed by atoms with van der Waals surface area (Å²) >= 11 is 0. The number of hydrogen-bond donors (Lipinski definition) is 3. The van der Waals surface area contributed by atoms with Crippen molar-refractivity contribution >= 4 is 11.7 Å². The van der Waals surface area contributed by atoms with Crippen LogP contribution in [0.25, 0.3) is 0 Å². The number of nitrogens with zero attached hydrogens (tertiary/aromatic N) is 1. The molecule has 5 nitrogen and oxygen atoms in total. The molecule has 0 aromatic heterocycles. The van der Waals surface area contributed by atoms with Crippen molar-refractivity contribution in [2.45, 2.75) is 64.8 Å². The molecule has 0 rings (SSSR count). The molecule has 0 heterocycles. The van der Waals surface area contributed by atoms with Crippen LogP contribution < -0.4 is 11.1 Å². The van der Waals surface area contributed by atoms with Gasteiger partial charge in [-0.2, -0.15) is 0 Å². The van der Waals surface area contributed by atoms with Crippen LogP contribution in [0.2, 0.25) is 0 Å². The number of carbonyl (C=O) groups excluding carboxylic acids is 1. The van der Waals surface area contributed by atoms with Crippen LogP contribution in [0.15, 0.2) is 5.16 Å². The Labute approximate surface area is 103 Å². The summed E-state index contributed by atoms with van der Waals surface area (Å²) in [5.41, 5.74) is 5.35. The van der Waals surface area contributed by atoms with E-state index >= 15 is 0 Å². The maximum Gasteiger partial charge on any atom is 0.220 e. The van der Waals surface area contributed by atoms with Gasteiger partial charge in [0.25, 0.3) is 0 Å². The van der Waals surface area contributed by atoms with Gasteiger partial charge in [0.2, 0.25) is 5.91 Å². The molecule has 0 aliphatic carbocycles. The average molecular weight is 243 g/mol. The second-order valence-electron chi connectivity index (χ2n) is 4.43. The zero-order valence-corrected chi connectivity index (χ0v) is 10.9. The van der Waals surface area contributed by atoms with E-state index in [2.05, 4.69) is 17.4 Å². The number of nitrogens with two attached hydrogens (primary N) is 1. The zero-order chi connectivity index (χ0) is 13.1. The first kappa shape index (κ1) is 15.7. The number of hydrogen-bond acceptors (Lipinski definition) is 3. The second kappa shape index (κ2) is 9.93. The van der Waals surface area contributed by atoms with Crippen molar-refractivity contribution in [3.8, 4) is 0 Å². The standard InChI is InChI=1S/C12H25N3O2/c1-3-4-5-6-7-8-12(16)14-10(2)9-11(13)15-17/h10,17H,3-9H2,1-2H3,(H2,13,15)(H,14,16). The third-order valence-corrected chi connectivity index (χ3v) is 2.56. The molecule has 100 valence electrons. The van der Waals surface area contributed by atoms with Crippen LogP contribution in [0.1, 0.15) is 58.8 Å². The van der Waals surface area contributed by atoms with E-state index in [1.807, 2.05) is 6.92 Å². The molecular formula is C12H25N3O2. The van der Waals surface area contributed by atoms with E-state index in [1.165, 1.54) is 19.3 Å². The molecule has 0 radical (unpaired) electrons. The average Bonchev–Trinajstić information content (AvgIpc) is 2.28. The van der Waals surface area contributed by atoms with Gasteiger partial charge in [-0.15, -0.1) is 0 Å². The Kier molecular flexibility index (Phi) is 9.19. The van der Waals surface area contributed by atoms with Gasteiger partial charge in [0.05, 0.1) is 0 Å². The van der Waals surface area contributed by atoms with E-state index in [0.29, 0.717) is 12.8 Å². The van der Waals surface area contributed by atoms with Gasteiger partial charge in [0.1, 0.15) is 5.84 Å². The number of carbonyl (C=O) groups is 1. The van der Waals surface area contributed by atoms with E-state index in [9.17, 15) is 4.79 Å². The van der Waals surface area contributed by atoms with Gasteiger partial charge in [-0.3, -0.25) is 4.79 Å². The van der Waals surface area contributed by atoms with Gasteiger partial charge in [-0.25, -0.2) is 0 Å². The fourth-order valence-corrected chi connectivity index (χ4v) is 1.64. The third kappa shape index (κ3) is 9.66. The summed E-state index contributed by atoms with van der Waals surface area (Å²) in [7, 11) is 0. The largest absolute Gasteiger partial charge is 0.409 e.